The number of rotatable bonds is 3. The van der Waals surface area contributed by atoms with Gasteiger partial charge in [-0.3, -0.25) is 4.79 Å². The molecule has 0 atom stereocenters. The molecule has 1 saturated heterocycles. The Morgan fingerprint density at radius 1 is 1.56 bits per heavy atom. The molecule has 0 bridgehead atoms. The van der Waals surface area contributed by atoms with Gasteiger partial charge in [0.2, 0.25) is 5.91 Å². The summed E-state index contributed by atoms with van der Waals surface area (Å²) in [7, 11) is 0. The molecule has 1 fully saturated rings. The first-order chi connectivity index (χ1) is 7.65. The van der Waals surface area contributed by atoms with Gasteiger partial charge in [-0.2, -0.15) is 0 Å². The van der Waals surface area contributed by atoms with Crippen LogP contribution >= 0.6 is 11.6 Å². The highest BCUT2D eigenvalue weighted by atomic mass is 35.5. The molecule has 2 N–H and O–H groups in total. The smallest absolute Gasteiger partial charge is 0.224 e. The molecule has 2 rings (SSSR count). The van der Waals surface area contributed by atoms with Crippen molar-refractivity contribution in [2.24, 2.45) is 5.92 Å². The van der Waals surface area contributed by atoms with Gasteiger partial charge in [-0.25, -0.2) is 4.39 Å². The largest absolute Gasteiger partial charge is 0.325 e. The molecule has 3 nitrogen and oxygen atoms in total. The Hall–Kier alpha value is -1.13. The van der Waals surface area contributed by atoms with Crippen LogP contribution in [0.25, 0.3) is 0 Å². The fraction of sp³-hybridized carbons (Fsp3) is 0.364. The van der Waals surface area contributed by atoms with Gasteiger partial charge in [0, 0.05) is 6.42 Å². The highest BCUT2D eigenvalue weighted by Gasteiger charge is 2.20. The van der Waals surface area contributed by atoms with E-state index >= 15 is 0 Å². The minimum Gasteiger partial charge on any atom is -0.325 e. The highest BCUT2D eigenvalue weighted by Crippen LogP contribution is 2.23. The van der Waals surface area contributed by atoms with E-state index in [1.807, 2.05) is 0 Å². The lowest BCUT2D eigenvalue weighted by Crippen LogP contribution is -2.43. The average molecular weight is 243 g/mol. The maximum absolute atomic E-state index is 12.8. The first-order valence-electron chi connectivity index (χ1n) is 5.11. The first kappa shape index (κ1) is 11.4. The molecule has 1 amide bonds. The fourth-order valence-corrected chi connectivity index (χ4v) is 1.76. The highest BCUT2D eigenvalue weighted by molar-refractivity contribution is 6.33. The summed E-state index contributed by atoms with van der Waals surface area (Å²) in [5.74, 6) is -0.0922. The van der Waals surface area contributed by atoms with E-state index in [1.54, 1.807) is 0 Å². The number of hydrogen-bond acceptors (Lipinski definition) is 2. The van der Waals surface area contributed by atoms with E-state index in [0.29, 0.717) is 18.0 Å². The summed E-state index contributed by atoms with van der Waals surface area (Å²) in [4.78, 5) is 11.6. The molecule has 0 spiro atoms. The van der Waals surface area contributed by atoms with Crippen molar-refractivity contribution in [3.63, 3.8) is 0 Å². The molecular formula is C11H12ClFN2O. The summed E-state index contributed by atoms with van der Waals surface area (Å²) < 4.78 is 12.8. The standard InChI is InChI=1S/C11H12ClFN2O/c12-9-4-8(13)1-2-10(9)15-11(16)3-7-5-14-6-7/h1-2,4,7,14H,3,5-6H2,(H,15,16). The van der Waals surface area contributed by atoms with Crippen molar-refractivity contribution in [3.05, 3.63) is 29.0 Å². The van der Waals surface area contributed by atoms with E-state index in [0.717, 1.165) is 13.1 Å². The molecule has 0 unspecified atom stereocenters. The van der Waals surface area contributed by atoms with E-state index in [-0.39, 0.29) is 10.9 Å². The number of benzene rings is 1. The number of carbonyl (C=O) groups excluding carboxylic acids is 1. The van der Waals surface area contributed by atoms with Gasteiger partial charge in [-0.1, -0.05) is 11.6 Å². The van der Waals surface area contributed by atoms with Crippen LogP contribution in [0.3, 0.4) is 0 Å². The van der Waals surface area contributed by atoms with Gasteiger partial charge in [0.1, 0.15) is 5.82 Å². The molecule has 1 heterocycles. The van der Waals surface area contributed by atoms with Crippen molar-refractivity contribution in [2.45, 2.75) is 6.42 Å². The van der Waals surface area contributed by atoms with Crippen molar-refractivity contribution in [3.8, 4) is 0 Å². The number of nitrogens with one attached hydrogen (secondary N) is 2. The second kappa shape index (κ2) is 4.80. The van der Waals surface area contributed by atoms with Crippen LogP contribution in [0.4, 0.5) is 10.1 Å². The lowest BCUT2D eigenvalue weighted by atomic mass is 9.99. The third-order valence-corrected chi connectivity index (χ3v) is 2.86. The zero-order valence-corrected chi connectivity index (χ0v) is 9.35. The van der Waals surface area contributed by atoms with Gasteiger partial charge in [-0.15, -0.1) is 0 Å². The second-order valence-electron chi connectivity index (χ2n) is 3.90. The lowest BCUT2D eigenvalue weighted by molar-refractivity contribution is -0.117. The van der Waals surface area contributed by atoms with Gasteiger partial charge >= 0.3 is 0 Å². The monoisotopic (exact) mass is 242 g/mol. The third kappa shape index (κ3) is 2.71. The molecule has 5 heteroatoms. The van der Waals surface area contributed by atoms with Gasteiger partial charge in [-0.05, 0) is 37.2 Å². The Kier molecular flexibility index (Phi) is 3.41. The lowest BCUT2D eigenvalue weighted by Gasteiger charge is -2.26. The Morgan fingerprint density at radius 2 is 2.31 bits per heavy atom. The zero-order valence-electron chi connectivity index (χ0n) is 8.59. The van der Waals surface area contributed by atoms with Crippen LogP contribution in [0, 0.1) is 11.7 Å². The summed E-state index contributed by atoms with van der Waals surface area (Å²) in [6.07, 6.45) is 0.473. The topological polar surface area (TPSA) is 41.1 Å². The van der Waals surface area contributed by atoms with Crippen molar-refractivity contribution in [2.75, 3.05) is 18.4 Å². The minimum atomic E-state index is -0.411. The molecule has 1 aliphatic rings. The minimum absolute atomic E-state index is 0.0833. The SMILES string of the molecule is O=C(CC1CNC1)Nc1ccc(F)cc1Cl. The Balaban J connectivity index is 1.94. The summed E-state index contributed by atoms with van der Waals surface area (Å²) in [6.45, 7) is 1.76. The predicted molar refractivity (Wildman–Crippen MR) is 61.0 cm³/mol. The zero-order chi connectivity index (χ0) is 11.5. The quantitative estimate of drug-likeness (QED) is 0.852. The number of hydrogen-bond donors (Lipinski definition) is 2. The van der Waals surface area contributed by atoms with Crippen LogP contribution in [-0.4, -0.2) is 19.0 Å². The molecule has 0 aliphatic carbocycles. The van der Waals surface area contributed by atoms with Crippen molar-refractivity contribution in [1.29, 1.82) is 0 Å². The van der Waals surface area contributed by atoms with E-state index in [9.17, 15) is 9.18 Å². The van der Waals surface area contributed by atoms with Crippen molar-refractivity contribution in [1.82, 2.24) is 5.32 Å². The summed E-state index contributed by atoms with van der Waals surface area (Å²) in [6, 6.07) is 3.92. The van der Waals surface area contributed by atoms with E-state index in [4.69, 9.17) is 11.6 Å². The van der Waals surface area contributed by atoms with E-state index < -0.39 is 5.82 Å². The van der Waals surface area contributed by atoms with E-state index in [1.165, 1.54) is 18.2 Å². The summed E-state index contributed by atoms with van der Waals surface area (Å²) >= 11 is 5.79. The first-order valence-corrected chi connectivity index (χ1v) is 5.48. The van der Waals surface area contributed by atoms with Crippen molar-refractivity contribution < 1.29 is 9.18 Å². The maximum Gasteiger partial charge on any atom is 0.224 e. The van der Waals surface area contributed by atoms with Crippen LogP contribution in [0.5, 0.6) is 0 Å². The molecule has 1 aromatic carbocycles. The summed E-state index contributed by atoms with van der Waals surface area (Å²) in [5.41, 5.74) is 0.459. The van der Waals surface area contributed by atoms with Crippen LogP contribution in [0.2, 0.25) is 5.02 Å². The Morgan fingerprint density at radius 3 is 2.88 bits per heavy atom. The third-order valence-electron chi connectivity index (χ3n) is 2.55. The summed E-state index contributed by atoms with van der Waals surface area (Å²) in [5, 5.41) is 5.99. The number of carbonyl (C=O) groups is 1. The fourth-order valence-electron chi connectivity index (χ4n) is 1.55. The molecule has 16 heavy (non-hydrogen) atoms. The van der Waals surface area contributed by atoms with E-state index in [2.05, 4.69) is 10.6 Å². The van der Waals surface area contributed by atoms with Gasteiger partial charge < -0.3 is 10.6 Å². The normalized spacial score (nSPS) is 15.6. The average Bonchev–Trinajstić information content (AvgIpc) is 2.16. The van der Waals surface area contributed by atoms with Crippen LogP contribution < -0.4 is 10.6 Å². The molecule has 0 saturated carbocycles. The molecule has 86 valence electrons. The van der Waals surface area contributed by atoms with Crippen molar-refractivity contribution >= 4 is 23.2 Å². The Bertz CT molecular complexity index is 407. The maximum atomic E-state index is 12.8. The predicted octanol–water partition coefficient (Wildman–Crippen LogP) is 2.03. The van der Waals surface area contributed by atoms with Crippen LogP contribution in [0.1, 0.15) is 6.42 Å². The Labute approximate surface area is 98.0 Å². The molecular weight excluding hydrogens is 231 g/mol. The number of amides is 1. The molecule has 0 radical (unpaired) electrons. The van der Waals surface area contributed by atoms with Crippen LogP contribution in [0.15, 0.2) is 18.2 Å². The number of halogens is 2. The molecule has 1 aliphatic heterocycles. The molecule has 0 aromatic heterocycles. The van der Waals surface area contributed by atoms with Gasteiger partial charge in [0.15, 0.2) is 0 Å². The van der Waals surface area contributed by atoms with Gasteiger partial charge in [0.05, 0.1) is 10.7 Å². The van der Waals surface area contributed by atoms with Gasteiger partial charge in [0.25, 0.3) is 0 Å². The molecule has 1 aromatic rings. The second-order valence-corrected chi connectivity index (χ2v) is 4.31. The van der Waals surface area contributed by atoms with Crippen LogP contribution in [-0.2, 0) is 4.79 Å². The number of anilines is 1.